The molecule has 0 aliphatic carbocycles. The Kier molecular flexibility index (Phi) is 8.89. The first kappa shape index (κ1) is 19.9. The highest BCUT2D eigenvalue weighted by molar-refractivity contribution is 7.82. The minimum absolute atomic E-state index is 0.118. The van der Waals surface area contributed by atoms with Crippen LogP contribution in [0, 0.1) is 0 Å². The maximum atomic E-state index is 11.6. The van der Waals surface area contributed by atoms with Gasteiger partial charge in [-0.3, -0.25) is 14.7 Å². The van der Waals surface area contributed by atoms with Crippen molar-refractivity contribution < 1.29 is 39.3 Å². The molecule has 0 aromatic heterocycles. The number of hydrogen-bond donors (Lipinski definition) is 4. The van der Waals surface area contributed by atoms with Crippen LogP contribution < -0.4 is 31.7 Å². The van der Waals surface area contributed by atoms with E-state index >= 15 is 0 Å². The number of aliphatic carboxylic acids is 2. The number of amides is 2. The summed E-state index contributed by atoms with van der Waals surface area (Å²) in [7, 11) is -1.92. The molecule has 0 saturated heterocycles. The number of carboxylic acid groups (broad SMARTS) is 2. The molecule has 0 bridgehead atoms. The number of carbonyl (C=O) groups is 4. The Labute approximate surface area is 128 Å². The van der Waals surface area contributed by atoms with Crippen molar-refractivity contribution in [1.29, 1.82) is 0 Å². The summed E-state index contributed by atoms with van der Waals surface area (Å²) in [5, 5.41) is 29.9. The fourth-order valence-corrected chi connectivity index (χ4v) is 1.88. The third kappa shape index (κ3) is 8.99. The summed E-state index contributed by atoms with van der Waals surface area (Å²) in [5.74, 6) is -4.99. The minimum atomic E-state index is -1.92. The number of carbonyl (C=O) groups excluding carboxylic acids is 4. The number of carboxylic acids is 2. The molecule has 11 nitrogen and oxygen atoms in total. The van der Waals surface area contributed by atoms with Crippen molar-refractivity contribution in [3.8, 4) is 0 Å². The highest BCUT2D eigenvalue weighted by Gasteiger charge is 2.22. The molecule has 0 aliphatic heterocycles. The van der Waals surface area contributed by atoms with Crippen molar-refractivity contribution in [2.75, 3.05) is 12.3 Å². The van der Waals surface area contributed by atoms with E-state index in [2.05, 4.69) is 11.1 Å². The van der Waals surface area contributed by atoms with Crippen LogP contribution in [-0.2, 0) is 30.2 Å². The molecule has 0 spiro atoms. The van der Waals surface area contributed by atoms with E-state index in [-0.39, 0.29) is 12.8 Å². The van der Waals surface area contributed by atoms with Gasteiger partial charge in [-0.15, -0.1) is 0 Å². The van der Waals surface area contributed by atoms with Crippen LogP contribution in [0.2, 0.25) is 0 Å². The molecular weight excluding hydrogens is 320 g/mol. The Morgan fingerprint density at radius 1 is 1.23 bits per heavy atom. The van der Waals surface area contributed by atoms with E-state index in [0.717, 1.165) is 0 Å². The van der Waals surface area contributed by atoms with Gasteiger partial charge in [-0.2, -0.15) is 0 Å². The number of hydrogen-bond acceptors (Lipinski definition) is 7. The summed E-state index contributed by atoms with van der Waals surface area (Å²) in [5.41, 5.74) is 3.26. The monoisotopic (exact) mass is 337 g/mol. The van der Waals surface area contributed by atoms with Crippen LogP contribution >= 0.6 is 0 Å². The van der Waals surface area contributed by atoms with Gasteiger partial charge in [0, 0.05) is 12.8 Å². The van der Waals surface area contributed by atoms with Gasteiger partial charge in [-0.25, -0.2) is 4.21 Å². The first-order valence-corrected chi connectivity index (χ1v) is 7.45. The second-order valence-electron chi connectivity index (χ2n) is 4.31. The third-order valence-electron chi connectivity index (χ3n) is 2.44. The van der Waals surface area contributed by atoms with Crippen molar-refractivity contribution in [3.63, 3.8) is 0 Å². The van der Waals surface area contributed by atoms with E-state index in [1.807, 2.05) is 5.32 Å². The van der Waals surface area contributed by atoms with Gasteiger partial charge in [0.15, 0.2) is 0 Å². The molecule has 0 rings (SSSR count). The normalized spacial score (nSPS) is 14.5. The van der Waals surface area contributed by atoms with Gasteiger partial charge in [0.05, 0.1) is 35.2 Å². The largest absolute Gasteiger partial charge is 0.548 e. The Morgan fingerprint density at radius 3 is 2.27 bits per heavy atom. The third-order valence-corrected chi connectivity index (χ3v) is 3.10. The fourth-order valence-electron chi connectivity index (χ4n) is 1.32. The number of nitrogens with one attached hydrogen (secondary N) is 2. The summed E-state index contributed by atoms with van der Waals surface area (Å²) < 4.78 is 11.0. The maximum Gasteiger partial charge on any atom is 0.243 e. The van der Waals surface area contributed by atoms with Gasteiger partial charge >= 0.3 is 0 Å². The molecule has 0 aliphatic rings. The van der Waals surface area contributed by atoms with Crippen LogP contribution in [0.5, 0.6) is 0 Å². The summed E-state index contributed by atoms with van der Waals surface area (Å²) >= 11 is 0. The standard InChI is InChI=1S/C10H18N4O7S/c11-5(10(19)20)1-2-7(15)14-6(4-22(12)21)9(18)13-3-8(16)17/h5-6H,1-4,11-12H2,(H,13,18)(H,14,15)(H,16,17)(H,19,20)/p-1/t5-,6-,22?/m0/s1. The van der Waals surface area contributed by atoms with Gasteiger partial charge in [0.1, 0.15) is 12.1 Å². The number of nitrogens with two attached hydrogens (primary N) is 1. The molecule has 1 unspecified atom stereocenters. The zero-order valence-corrected chi connectivity index (χ0v) is 12.4. The highest BCUT2D eigenvalue weighted by Crippen LogP contribution is 1.95. The van der Waals surface area contributed by atoms with Crippen LogP contribution in [0.1, 0.15) is 12.8 Å². The SMILES string of the molecule is NS(=O)C[C@H](NC(=O)CC[C@H]([NH3+])C(=O)[O-])C(=O)NCC(=O)[O-]. The second kappa shape index (κ2) is 9.81. The van der Waals surface area contributed by atoms with Gasteiger partial charge in [0.25, 0.3) is 0 Å². The molecule has 0 aromatic rings. The van der Waals surface area contributed by atoms with Gasteiger partial charge in [-0.05, 0) is 0 Å². The van der Waals surface area contributed by atoms with E-state index in [4.69, 9.17) is 5.14 Å². The van der Waals surface area contributed by atoms with Crippen molar-refractivity contribution in [3.05, 3.63) is 0 Å². The Balaban J connectivity index is 4.53. The van der Waals surface area contributed by atoms with Gasteiger partial charge < -0.3 is 36.2 Å². The van der Waals surface area contributed by atoms with E-state index in [1.54, 1.807) is 0 Å². The lowest BCUT2D eigenvalue weighted by molar-refractivity contribution is -0.438. The van der Waals surface area contributed by atoms with Crippen molar-refractivity contribution in [1.82, 2.24) is 10.6 Å². The van der Waals surface area contributed by atoms with Crippen LogP contribution in [0.25, 0.3) is 0 Å². The predicted molar refractivity (Wildman–Crippen MR) is 68.1 cm³/mol. The van der Waals surface area contributed by atoms with Crippen LogP contribution in [0.3, 0.4) is 0 Å². The average Bonchev–Trinajstić information content (AvgIpc) is 2.40. The molecule has 12 heteroatoms. The quantitative estimate of drug-likeness (QED) is 0.302. The highest BCUT2D eigenvalue weighted by atomic mass is 32.2. The zero-order valence-electron chi connectivity index (χ0n) is 11.5. The first-order chi connectivity index (χ1) is 10.1. The topological polar surface area (TPSA) is 209 Å². The minimum Gasteiger partial charge on any atom is -0.548 e. The first-order valence-electron chi connectivity index (χ1n) is 6.07. The Bertz CT molecular complexity index is 470. The molecule has 0 radical (unpaired) electrons. The van der Waals surface area contributed by atoms with Crippen LogP contribution in [0.4, 0.5) is 0 Å². The molecule has 0 fully saturated rings. The molecule has 7 N–H and O–H groups in total. The van der Waals surface area contributed by atoms with Crippen LogP contribution in [-0.4, -0.2) is 52.3 Å². The molecule has 0 heterocycles. The van der Waals surface area contributed by atoms with Gasteiger partial charge in [0.2, 0.25) is 11.8 Å². The molecule has 3 atom stereocenters. The average molecular weight is 337 g/mol. The van der Waals surface area contributed by atoms with E-state index in [9.17, 15) is 33.6 Å². The number of rotatable bonds is 10. The summed E-state index contributed by atoms with van der Waals surface area (Å²) in [6.07, 6.45) is -0.378. The molecular formula is C10H17N4O7S-. The van der Waals surface area contributed by atoms with E-state index in [1.165, 1.54) is 0 Å². The Hall–Kier alpha value is -2.05. The summed E-state index contributed by atoms with van der Waals surface area (Å²) in [6.45, 7) is -0.784. The lowest BCUT2D eigenvalue weighted by Gasteiger charge is -2.18. The lowest BCUT2D eigenvalue weighted by atomic mass is 10.1. The smallest absolute Gasteiger partial charge is 0.243 e. The molecule has 126 valence electrons. The fraction of sp³-hybridized carbons (Fsp3) is 0.600. The second-order valence-corrected chi connectivity index (χ2v) is 5.41. The lowest BCUT2D eigenvalue weighted by Crippen LogP contribution is -2.68. The van der Waals surface area contributed by atoms with Crippen molar-refractivity contribution >= 4 is 34.7 Å². The van der Waals surface area contributed by atoms with Gasteiger partial charge in [-0.1, -0.05) is 0 Å². The van der Waals surface area contributed by atoms with Crippen molar-refractivity contribution in [2.45, 2.75) is 24.9 Å². The summed E-state index contributed by atoms with van der Waals surface area (Å²) in [6, 6.07) is -2.41. The zero-order chi connectivity index (χ0) is 17.3. The molecule has 2 amide bonds. The van der Waals surface area contributed by atoms with Crippen LogP contribution in [0.15, 0.2) is 0 Å². The van der Waals surface area contributed by atoms with E-state index < -0.39 is 59.1 Å². The predicted octanol–water partition coefficient (Wildman–Crippen LogP) is -6.90. The van der Waals surface area contributed by atoms with Crippen molar-refractivity contribution in [2.24, 2.45) is 5.14 Å². The molecule has 0 saturated carbocycles. The van der Waals surface area contributed by atoms with E-state index in [0.29, 0.717) is 0 Å². The Morgan fingerprint density at radius 2 is 1.82 bits per heavy atom. The molecule has 0 aromatic carbocycles. The maximum absolute atomic E-state index is 11.6. The summed E-state index contributed by atoms with van der Waals surface area (Å²) in [4.78, 5) is 43.9. The molecule has 22 heavy (non-hydrogen) atoms. The number of quaternary nitrogens is 1.